The Hall–Kier alpha value is -4.96. The molecule has 4 N–H and O–H groups in total. The van der Waals surface area contributed by atoms with Gasteiger partial charge in [0.2, 0.25) is 5.91 Å². The second-order valence-electron chi connectivity index (χ2n) is 10.2. The molecule has 0 bridgehead atoms. The minimum atomic E-state index is -4.96. The molecule has 3 heterocycles. The number of halogens is 3. The Morgan fingerprint density at radius 1 is 1.00 bits per heavy atom. The molecule has 0 unspecified atom stereocenters. The van der Waals surface area contributed by atoms with E-state index in [0.717, 1.165) is 23.5 Å². The van der Waals surface area contributed by atoms with Crippen molar-refractivity contribution in [2.45, 2.75) is 19.6 Å². The first-order valence-corrected chi connectivity index (χ1v) is 13.0. The van der Waals surface area contributed by atoms with Crippen molar-refractivity contribution in [1.29, 1.82) is 5.26 Å². The van der Waals surface area contributed by atoms with Crippen molar-refractivity contribution in [3.05, 3.63) is 76.2 Å². The number of amides is 2. The van der Waals surface area contributed by atoms with Crippen LogP contribution in [0.3, 0.4) is 0 Å². The van der Waals surface area contributed by atoms with Crippen molar-refractivity contribution in [3.63, 3.8) is 0 Å². The minimum absolute atomic E-state index is 0.0213. The van der Waals surface area contributed by atoms with E-state index in [4.69, 9.17) is 16.7 Å². The van der Waals surface area contributed by atoms with Gasteiger partial charge >= 0.3 is 6.18 Å². The zero-order valence-corrected chi connectivity index (χ0v) is 22.9. The number of anilines is 1. The SMILES string of the molecule is Cc1c(-c2c(C(N)=O)nc3ccc(N4CCN(C)CC4)cc3c2C(N)=O)c(C(F)(F)F)nn1Cc1ccc(C#N)cc1. The number of nitrogens with two attached hydrogens (primary N) is 2. The lowest BCUT2D eigenvalue weighted by atomic mass is 9.91. The topological polar surface area (TPSA) is 147 Å². The number of benzene rings is 2. The van der Waals surface area contributed by atoms with Gasteiger partial charge in [0.1, 0.15) is 5.69 Å². The maximum Gasteiger partial charge on any atom is 0.435 e. The number of likely N-dealkylation sites (N-methyl/N-ethyl adjacent to an activating group) is 1. The van der Waals surface area contributed by atoms with Crippen LogP contribution in [-0.2, 0) is 12.7 Å². The van der Waals surface area contributed by atoms with Crippen molar-refractivity contribution >= 4 is 28.4 Å². The molecule has 0 atom stereocenters. The van der Waals surface area contributed by atoms with E-state index in [1.54, 1.807) is 42.5 Å². The van der Waals surface area contributed by atoms with E-state index >= 15 is 0 Å². The first-order chi connectivity index (χ1) is 19.9. The van der Waals surface area contributed by atoms with Gasteiger partial charge in [0.15, 0.2) is 5.69 Å². The highest BCUT2D eigenvalue weighted by atomic mass is 19.4. The second kappa shape index (κ2) is 10.8. The number of nitrogens with zero attached hydrogens (tertiary/aromatic N) is 6. The molecule has 4 aromatic rings. The molecule has 1 aliphatic rings. The highest BCUT2D eigenvalue weighted by molar-refractivity contribution is 6.16. The fourth-order valence-electron chi connectivity index (χ4n) is 5.25. The minimum Gasteiger partial charge on any atom is -0.369 e. The molecule has 216 valence electrons. The lowest BCUT2D eigenvalue weighted by molar-refractivity contribution is -0.141. The number of piperazine rings is 1. The van der Waals surface area contributed by atoms with Crippen LogP contribution < -0.4 is 16.4 Å². The normalized spacial score (nSPS) is 14.2. The van der Waals surface area contributed by atoms with Crippen molar-refractivity contribution in [3.8, 4) is 17.2 Å². The first-order valence-electron chi connectivity index (χ1n) is 13.0. The summed E-state index contributed by atoms with van der Waals surface area (Å²) in [6.07, 6.45) is -4.96. The van der Waals surface area contributed by atoms with Gasteiger partial charge in [-0.05, 0) is 49.9 Å². The van der Waals surface area contributed by atoms with E-state index in [2.05, 4.69) is 19.9 Å². The standard InChI is InChI=1S/C29H27F3N8O2/c1-16-22(26(29(30,31)32)37-40(16)15-18-5-3-17(14-33)4-6-18)24-23(27(34)41)20-13-19(39-11-9-38(2)10-12-39)7-8-21(20)36-25(24)28(35)42/h3-8,13H,9-12,15H2,1-2H3,(H2,34,41)(H2,35,42). The van der Waals surface area contributed by atoms with Crippen molar-refractivity contribution in [1.82, 2.24) is 19.7 Å². The highest BCUT2D eigenvalue weighted by Crippen LogP contribution is 2.43. The molecular weight excluding hydrogens is 549 g/mol. The maximum atomic E-state index is 14.5. The molecule has 2 amide bonds. The Labute approximate surface area is 238 Å². The van der Waals surface area contributed by atoms with Gasteiger partial charge < -0.3 is 21.3 Å². The van der Waals surface area contributed by atoms with Crippen LogP contribution in [0.1, 0.15) is 43.4 Å². The summed E-state index contributed by atoms with van der Waals surface area (Å²) < 4.78 is 44.6. The number of alkyl halides is 3. The molecule has 13 heteroatoms. The first kappa shape index (κ1) is 28.6. The van der Waals surface area contributed by atoms with Crippen molar-refractivity contribution in [2.24, 2.45) is 11.5 Å². The van der Waals surface area contributed by atoms with Crippen LogP contribution in [0.4, 0.5) is 18.9 Å². The molecular formula is C29H27F3N8O2. The van der Waals surface area contributed by atoms with Gasteiger partial charge in [0.05, 0.1) is 29.3 Å². The summed E-state index contributed by atoms with van der Waals surface area (Å²) >= 11 is 0. The van der Waals surface area contributed by atoms with Crippen LogP contribution >= 0.6 is 0 Å². The van der Waals surface area contributed by atoms with E-state index in [-0.39, 0.29) is 28.7 Å². The summed E-state index contributed by atoms with van der Waals surface area (Å²) in [6, 6.07) is 13.3. The fourth-order valence-corrected chi connectivity index (χ4v) is 5.25. The van der Waals surface area contributed by atoms with Crippen LogP contribution in [0.5, 0.6) is 0 Å². The van der Waals surface area contributed by atoms with Gasteiger partial charge in [-0.2, -0.15) is 23.5 Å². The molecule has 0 aliphatic carbocycles. The molecule has 2 aromatic carbocycles. The number of hydrogen-bond donors (Lipinski definition) is 2. The van der Waals surface area contributed by atoms with Gasteiger partial charge in [-0.15, -0.1) is 0 Å². The predicted molar refractivity (Wildman–Crippen MR) is 150 cm³/mol. The Morgan fingerprint density at radius 2 is 1.67 bits per heavy atom. The number of fused-ring (bicyclic) bond motifs is 1. The molecule has 5 rings (SSSR count). The highest BCUT2D eigenvalue weighted by Gasteiger charge is 2.41. The summed E-state index contributed by atoms with van der Waals surface area (Å²) in [4.78, 5) is 34.3. The molecule has 1 fully saturated rings. The molecule has 42 heavy (non-hydrogen) atoms. The number of nitriles is 1. The summed E-state index contributed by atoms with van der Waals surface area (Å²) in [5.41, 5.74) is 10.4. The number of carbonyl (C=O) groups is 2. The van der Waals surface area contributed by atoms with E-state index in [1.165, 1.54) is 6.92 Å². The van der Waals surface area contributed by atoms with Gasteiger partial charge in [-0.3, -0.25) is 14.3 Å². The molecule has 1 aliphatic heterocycles. The van der Waals surface area contributed by atoms with Gasteiger partial charge in [-0.1, -0.05) is 12.1 Å². The average Bonchev–Trinajstić information content (AvgIpc) is 3.28. The van der Waals surface area contributed by atoms with Crippen LogP contribution in [-0.4, -0.2) is 64.7 Å². The van der Waals surface area contributed by atoms with Crippen LogP contribution in [0.2, 0.25) is 0 Å². The third-order valence-corrected chi connectivity index (χ3v) is 7.46. The molecule has 0 saturated carbocycles. The largest absolute Gasteiger partial charge is 0.435 e. The fraction of sp³-hybridized carbons (Fsp3) is 0.276. The van der Waals surface area contributed by atoms with E-state index in [1.807, 2.05) is 13.1 Å². The predicted octanol–water partition coefficient (Wildman–Crippen LogP) is 3.30. The Kier molecular flexibility index (Phi) is 7.34. The van der Waals surface area contributed by atoms with Gasteiger partial charge in [-0.25, -0.2) is 4.98 Å². The zero-order valence-electron chi connectivity index (χ0n) is 22.9. The molecule has 1 saturated heterocycles. The number of carbonyl (C=O) groups excluding carboxylic acids is 2. The van der Waals surface area contributed by atoms with Crippen LogP contribution in [0, 0.1) is 18.3 Å². The van der Waals surface area contributed by atoms with Gasteiger partial charge in [0.25, 0.3) is 5.91 Å². The number of pyridine rings is 1. The lowest BCUT2D eigenvalue weighted by Gasteiger charge is -2.34. The third-order valence-electron chi connectivity index (χ3n) is 7.46. The van der Waals surface area contributed by atoms with Crippen molar-refractivity contribution in [2.75, 3.05) is 38.1 Å². The number of primary amides is 2. The molecule has 10 nitrogen and oxygen atoms in total. The monoisotopic (exact) mass is 576 g/mol. The quantitative estimate of drug-likeness (QED) is 0.358. The Bertz CT molecular complexity index is 1750. The summed E-state index contributed by atoms with van der Waals surface area (Å²) in [5.74, 6) is -2.16. The van der Waals surface area contributed by atoms with E-state index in [0.29, 0.717) is 24.2 Å². The molecule has 0 radical (unpaired) electrons. The summed E-state index contributed by atoms with van der Waals surface area (Å²) in [6.45, 7) is 4.34. The summed E-state index contributed by atoms with van der Waals surface area (Å²) in [5, 5.41) is 13.1. The molecule has 0 spiro atoms. The molecule has 2 aromatic heterocycles. The van der Waals surface area contributed by atoms with Crippen LogP contribution in [0.15, 0.2) is 42.5 Å². The van der Waals surface area contributed by atoms with E-state index < -0.39 is 40.5 Å². The number of aromatic nitrogens is 3. The Morgan fingerprint density at radius 3 is 2.24 bits per heavy atom. The average molecular weight is 577 g/mol. The van der Waals surface area contributed by atoms with Crippen LogP contribution in [0.25, 0.3) is 22.0 Å². The van der Waals surface area contributed by atoms with Crippen molar-refractivity contribution < 1.29 is 22.8 Å². The zero-order chi connectivity index (χ0) is 30.3. The van der Waals surface area contributed by atoms with E-state index in [9.17, 15) is 22.8 Å². The third kappa shape index (κ3) is 5.24. The smallest absolute Gasteiger partial charge is 0.369 e. The summed E-state index contributed by atoms with van der Waals surface area (Å²) in [7, 11) is 2.01. The number of hydrogen-bond acceptors (Lipinski definition) is 7. The lowest BCUT2D eigenvalue weighted by Crippen LogP contribution is -2.44. The second-order valence-corrected chi connectivity index (χ2v) is 10.2. The maximum absolute atomic E-state index is 14.5. The van der Waals surface area contributed by atoms with Gasteiger partial charge in [0, 0.05) is 54.1 Å². The number of rotatable bonds is 6. The Balaban J connectivity index is 1.77.